The third-order valence-corrected chi connectivity index (χ3v) is 4.59. The van der Waals surface area contributed by atoms with Crippen molar-refractivity contribution in [2.45, 2.75) is 25.7 Å². The van der Waals surface area contributed by atoms with Gasteiger partial charge in [-0.2, -0.15) is 0 Å². The van der Waals surface area contributed by atoms with E-state index in [2.05, 4.69) is 40.4 Å². The molecule has 3 aromatic carbocycles. The molecule has 6 heteroatoms. The van der Waals surface area contributed by atoms with Gasteiger partial charge in [0, 0.05) is 12.1 Å². The summed E-state index contributed by atoms with van der Waals surface area (Å²) in [4.78, 5) is 0. The molecule has 1 N–H and O–H groups in total. The van der Waals surface area contributed by atoms with Crippen molar-refractivity contribution in [2.24, 2.45) is 0 Å². The first-order valence-electron chi connectivity index (χ1n) is 9.88. The van der Waals surface area contributed by atoms with Gasteiger partial charge in [-0.05, 0) is 42.2 Å². The normalized spacial score (nSPS) is 10.8. The zero-order valence-electron chi connectivity index (χ0n) is 16.9. The molecule has 3 aromatic rings. The Labute approximate surface area is 187 Å². The molecule has 0 saturated carbocycles. The molecule has 0 aliphatic carbocycles. The predicted octanol–water partition coefficient (Wildman–Crippen LogP) is 7.01. The number of rotatable bonds is 9. The quantitative estimate of drug-likeness (QED) is 0.356. The van der Waals surface area contributed by atoms with Crippen LogP contribution in [0, 0.1) is 0 Å². The lowest BCUT2D eigenvalue weighted by Crippen LogP contribution is -2.20. The highest BCUT2D eigenvalue weighted by Crippen LogP contribution is 2.26. The van der Waals surface area contributed by atoms with Gasteiger partial charge in [0.2, 0.25) is 0 Å². The largest absolute Gasteiger partial charge is 0.573 e. The van der Waals surface area contributed by atoms with Gasteiger partial charge in [-0.1, -0.05) is 84.9 Å². The van der Waals surface area contributed by atoms with E-state index in [9.17, 15) is 13.2 Å². The Bertz CT molecular complexity index is 902. The second-order valence-electron chi connectivity index (χ2n) is 6.82. The van der Waals surface area contributed by atoms with Crippen LogP contribution in [0.3, 0.4) is 0 Å². The molecule has 0 heterocycles. The monoisotopic (exact) mass is 447 g/mol. The molecule has 0 aromatic heterocycles. The lowest BCUT2D eigenvalue weighted by molar-refractivity contribution is -0.274. The number of halogens is 4. The number of nitrogens with one attached hydrogen (secondary N) is 1. The van der Waals surface area contributed by atoms with Crippen molar-refractivity contribution in [3.8, 4) is 5.75 Å². The number of para-hydroxylation sites is 1. The summed E-state index contributed by atoms with van der Waals surface area (Å²) in [7, 11) is 0. The first-order chi connectivity index (χ1) is 14.5. The average molecular weight is 448 g/mol. The number of allylic oxidation sites excluding steroid dienone is 1. The molecule has 2 nitrogen and oxygen atoms in total. The van der Waals surface area contributed by atoms with Crippen LogP contribution in [0.4, 0.5) is 13.2 Å². The van der Waals surface area contributed by atoms with Crippen LogP contribution in [0.1, 0.15) is 29.5 Å². The predicted molar refractivity (Wildman–Crippen MR) is 121 cm³/mol. The summed E-state index contributed by atoms with van der Waals surface area (Å²) < 4.78 is 41.6. The zero-order valence-corrected chi connectivity index (χ0v) is 17.8. The van der Waals surface area contributed by atoms with Crippen LogP contribution >= 0.6 is 12.4 Å². The first kappa shape index (κ1) is 24.5. The summed E-state index contributed by atoms with van der Waals surface area (Å²) in [6, 6.07) is 26.7. The SMILES string of the molecule is Cl.FC(F)(F)Oc1ccccc1CNCCCC=C(c1ccccc1)c1ccccc1. The molecule has 0 spiro atoms. The minimum absolute atomic E-state index is 0. The minimum Gasteiger partial charge on any atom is -0.405 e. The molecular formula is C25H25ClF3NO. The molecule has 0 amide bonds. The smallest absolute Gasteiger partial charge is 0.405 e. The van der Waals surface area contributed by atoms with Crippen LogP contribution in [0.5, 0.6) is 5.75 Å². The number of hydrogen-bond donors (Lipinski definition) is 1. The van der Waals surface area contributed by atoms with Gasteiger partial charge in [-0.15, -0.1) is 25.6 Å². The van der Waals surface area contributed by atoms with Gasteiger partial charge < -0.3 is 10.1 Å². The fourth-order valence-corrected chi connectivity index (χ4v) is 3.21. The Morgan fingerprint density at radius 3 is 1.94 bits per heavy atom. The Morgan fingerprint density at radius 1 is 0.806 bits per heavy atom. The minimum atomic E-state index is -4.69. The van der Waals surface area contributed by atoms with Crippen molar-refractivity contribution in [2.75, 3.05) is 6.54 Å². The molecule has 0 aliphatic rings. The Kier molecular flexibility index (Phi) is 9.63. The topological polar surface area (TPSA) is 21.3 Å². The number of alkyl halides is 3. The summed E-state index contributed by atoms with van der Waals surface area (Å²) in [6.45, 7) is 1.01. The first-order valence-corrected chi connectivity index (χ1v) is 9.88. The van der Waals surface area contributed by atoms with Gasteiger partial charge in [0.15, 0.2) is 0 Å². The molecule has 3 rings (SSSR count). The van der Waals surface area contributed by atoms with E-state index in [0.29, 0.717) is 18.7 Å². The van der Waals surface area contributed by atoms with Crippen molar-refractivity contribution in [1.29, 1.82) is 0 Å². The second-order valence-corrected chi connectivity index (χ2v) is 6.82. The maximum Gasteiger partial charge on any atom is 0.573 e. The number of ether oxygens (including phenoxy) is 1. The van der Waals surface area contributed by atoms with Crippen molar-refractivity contribution in [3.05, 3.63) is 108 Å². The fraction of sp³-hybridized carbons (Fsp3) is 0.200. The van der Waals surface area contributed by atoms with Gasteiger partial charge in [0.05, 0.1) is 0 Å². The van der Waals surface area contributed by atoms with Crippen molar-refractivity contribution in [1.82, 2.24) is 5.32 Å². The summed E-state index contributed by atoms with van der Waals surface area (Å²) in [6.07, 6.45) is -0.752. The highest BCUT2D eigenvalue weighted by molar-refractivity contribution is 5.85. The summed E-state index contributed by atoms with van der Waals surface area (Å²) in [5, 5.41) is 3.20. The van der Waals surface area contributed by atoms with E-state index in [1.54, 1.807) is 12.1 Å². The molecule has 31 heavy (non-hydrogen) atoms. The molecular weight excluding hydrogens is 423 g/mol. The number of benzene rings is 3. The van der Waals surface area contributed by atoms with Gasteiger partial charge in [-0.25, -0.2) is 0 Å². The van der Waals surface area contributed by atoms with Crippen LogP contribution in [0.2, 0.25) is 0 Å². The van der Waals surface area contributed by atoms with E-state index in [0.717, 1.165) is 24.0 Å². The standard InChI is InChI=1S/C25H24F3NO.ClH/c26-25(27,28)30-24-17-8-7-15-22(24)19-29-18-10-9-16-23(20-11-3-1-4-12-20)21-13-5-2-6-14-21;/h1-8,11-17,29H,9-10,18-19H2;1H. The van der Waals surface area contributed by atoms with E-state index in [4.69, 9.17) is 0 Å². The Hall–Kier alpha value is -2.76. The average Bonchev–Trinajstić information content (AvgIpc) is 2.74. The second kappa shape index (κ2) is 12.2. The molecule has 0 atom stereocenters. The van der Waals surface area contributed by atoms with Gasteiger partial charge >= 0.3 is 6.36 Å². The fourth-order valence-electron chi connectivity index (χ4n) is 3.21. The number of unbranched alkanes of at least 4 members (excludes halogenated alkanes) is 1. The third kappa shape index (κ3) is 8.12. The van der Waals surface area contributed by atoms with Crippen molar-refractivity contribution >= 4 is 18.0 Å². The van der Waals surface area contributed by atoms with Crippen LogP contribution in [0.25, 0.3) is 5.57 Å². The van der Waals surface area contributed by atoms with Crippen LogP contribution < -0.4 is 10.1 Å². The summed E-state index contributed by atoms with van der Waals surface area (Å²) in [5.41, 5.74) is 3.99. The highest BCUT2D eigenvalue weighted by atomic mass is 35.5. The van der Waals surface area contributed by atoms with Crippen LogP contribution in [-0.4, -0.2) is 12.9 Å². The van der Waals surface area contributed by atoms with Gasteiger partial charge in [0.1, 0.15) is 5.75 Å². The van der Waals surface area contributed by atoms with Crippen LogP contribution in [-0.2, 0) is 6.54 Å². The lowest BCUT2D eigenvalue weighted by atomic mass is 9.96. The molecule has 0 bridgehead atoms. The third-order valence-electron chi connectivity index (χ3n) is 4.59. The molecule has 164 valence electrons. The summed E-state index contributed by atoms with van der Waals surface area (Å²) >= 11 is 0. The Morgan fingerprint density at radius 2 is 1.35 bits per heavy atom. The molecule has 0 unspecified atom stereocenters. The van der Waals surface area contributed by atoms with E-state index < -0.39 is 6.36 Å². The number of hydrogen-bond acceptors (Lipinski definition) is 2. The molecule has 0 radical (unpaired) electrons. The van der Waals surface area contributed by atoms with E-state index >= 15 is 0 Å². The maximum absolute atomic E-state index is 12.5. The molecule has 0 fully saturated rings. The van der Waals surface area contributed by atoms with E-state index in [1.807, 2.05) is 36.4 Å². The van der Waals surface area contributed by atoms with E-state index in [-0.39, 0.29) is 18.2 Å². The van der Waals surface area contributed by atoms with Crippen molar-refractivity contribution in [3.63, 3.8) is 0 Å². The molecule has 0 aliphatic heterocycles. The van der Waals surface area contributed by atoms with Crippen LogP contribution in [0.15, 0.2) is 91.0 Å². The molecule has 0 saturated heterocycles. The maximum atomic E-state index is 12.5. The highest BCUT2D eigenvalue weighted by Gasteiger charge is 2.31. The van der Waals surface area contributed by atoms with E-state index in [1.165, 1.54) is 17.7 Å². The Balaban J connectivity index is 0.00000341. The lowest BCUT2D eigenvalue weighted by Gasteiger charge is -2.13. The summed E-state index contributed by atoms with van der Waals surface area (Å²) in [5.74, 6) is -0.159. The van der Waals surface area contributed by atoms with Gasteiger partial charge in [-0.3, -0.25) is 0 Å². The van der Waals surface area contributed by atoms with Gasteiger partial charge in [0.25, 0.3) is 0 Å². The zero-order chi connectivity index (χ0) is 21.2. The van der Waals surface area contributed by atoms with Crippen molar-refractivity contribution < 1.29 is 17.9 Å².